The first kappa shape index (κ1) is 20.6. The number of aromatic nitrogens is 2. The second-order valence-electron chi connectivity index (χ2n) is 7.13. The van der Waals surface area contributed by atoms with E-state index in [1.54, 1.807) is 0 Å². The smallest absolute Gasteiger partial charge is 0.325 e. The van der Waals surface area contributed by atoms with Crippen LogP contribution in [0.4, 0.5) is 20.7 Å². The van der Waals surface area contributed by atoms with Gasteiger partial charge in [0.1, 0.15) is 0 Å². The predicted molar refractivity (Wildman–Crippen MR) is 113 cm³/mol. The number of carbonyl (C=O) groups excluding carboxylic acids is 1. The summed E-state index contributed by atoms with van der Waals surface area (Å²) in [5, 5.41) is 15.3. The zero-order chi connectivity index (χ0) is 19.3. The minimum absolute atomic E-state index is 0.325. The molecule has 0 aliphatic rings. The van der Waals surface area contributed by atoms with Gasteiger partial charge in [-0.25, -0.2) is 4.79 Å². The Bertz CT molecular complexity index is 737. The molecule has 2 N–H and O–H groups in total. The average Bonchev–Trinajstić information content (AvgIpc) is 2.97. The highest BCUT2D eigenvalue weighted by atomic mass is 79.9. The van der Waals surface area contributed by atoms with Crippen molar-refractivity contribution < 1.29 is 4.79 Å². The molecule has 8 heteroatoms. The van der Waals surface area contributed by atoms with Crippen molar-refractivity contribution in [3.63, 3.8) is 0 Å². The summed E-state index contributed by atoms with van der Waals surface area (Å²) >= 11 is 4.84. The maximum atomic E-state index is 12.2. The third-order valence-electron chi connectivity index (χ3n) is 3.49. The Morgan fingerprint density at radius 1 is 1.15 bits per heavy atom. The van der Waals surface area contributed by atoms with E-state index in [0.717, 1.165) is 33.9 Å². The molecule has 0 unspecified atom stereocenters. The Morgan fingerprint density at radius 2 is 1.81 bits per heavy atom. The van der Waals surface area contributed by atoms with Crippen LogP contribution in [0.5, 0.6) is 0 Å². The van der Waals surface area contributed by atoms with Crippen molar-refractivity contribution in [1.82, 2.24) is 10.2 Å². The molecule has 0 radical (unpaired) electrons. The lowest BCUT2D eigenvalue weighted by Gasteiger charge is -2.25. The lowest BCUT2D eigenvalue weighted by molar-refractivity contribution is 0.262. The third-order valence-corrected chi connectivity index (χ3v) is 5.28. The molecule has 0 saturated carbocycles. The van der Waals surface area contributed by atoms with Crippen LogP contribution in [0.3, 0.4) is 0 Å². The van der Waals surface area contributed by atoms with Gasteiger partial charge >= 0.3 is 6.03 Å². The summed E-state index contributed by atoms with van der Waals surface area (Å²) in [5.74, 6) is 1.05. The summed E-state index contributed by atoms with van der Waals surface area (Å²) < 4.78 is 1.01. The van der Waals surface area contributed by atoms with E-state index in [9.17, 15) is 4.79 Å². The van der Waals surface area contributed by atoms with E-state index in [1.807, 2.05) is 25.1 Å². The Hall–Kier alpha value is -1.67. The zero-order valence-electron chi connectivity index (χ0n) is 15.8. The van der Waals surface area contributed by atoms with Gasteiger partial charge in [0.2, 0.25) is 10.3 Å². The molecule has 1 heterocycles. The summed E-state index contributed by atoms with van der Waals surface area (Å²) in [7, 11) is 0. The molecule has 2 aromatic rings. The first-order valence-corrected chi connectivity index (χ1v) is 10.3. The average molecular weight is 440 g/mol. The van der Waals surface area contributed by atoms with Crippen LogP contribution in [0.25, 0.3) is 0 Å². The van der Waals surface area contributed by atoms with Crippen molar-refractivity contribution in [3.05, 3.63) is 28.2 Å². The molecule has 1 aromatic carbocycles. The molecule has 0 spiro atoms. The topological polar surface area (TPSA) is 70.1 Å². The van der Waals surface area contributed by atoms with Gasteiger partial charge in [0.25, 0.3) is 0 Å². The number of halogens is 1. The lowest BCUT2D eigenvalue weighted by atomic mass is 10.1. The Labute approximate surface area is 167 Å². The van der Waals surface area contributed by atoms with Crippen molar-refractivity contribution in [2.24, 2.45) is 11.8 Å². The van der Waals surface area contributed by atoms with Gasteiger partial charge in [0, 0.05) is 23.2 Å². The van der Waals surface area contributed by atoms with Crippen LogP contribution in [-0.2, 0) is 0 Å². The predicted octanol–water partition coefficient (Wildman–Crippen LogP) is 5.37. The molecular formula is C18H26BrN5OS. The number of benzene rings is 1. The maximum Gasteiger partial charge on any atom is 0.325 e. The van der Waals surface area contributed by atoms with Crippen molar-refractivity contribution in [3.8, 4) is 0 Å². The molecule has 0 aliphatic heterocycles. The van der Waals surface area contributed by atoms with Crippen LogP contribution in [0.15, 0.2) is 22.7 Å². The quantitative estimate of drug-likeness (QED) is 0.607. The highest BCUT2D eigenvalue weighted by molar-refractivity contribution is 9.10. The number of amides is 2. The fourth-order valence-electron chi connectivity index (χ4n) is 2.49. The number of hydrogen-bond acceptors (Lipinski definition) is 5. The van der Waals surface area contributed by atoms with E-state index in [0.29, 0.717) is 17.0 Å². The van der Waals surface area contributed by atoms with E-state index in [1.165, 1.54) is 11.3 Å². The lowest BCUT2D eigenvalue weighted by Crippen LogP contribution is -2.31. The second kappa shape index (κ2) is 9.32. The van der Waals surface area contributed by atoms with Crippen molar-refractivity contribution in [2.45, 2.75) is 34.6 Å². The molecule has 6 nitrogen and oxygen atoms in total. The Balaban J connectivity index is 2.01. The summed E-state index contributed by atoms with van der Waals surface area (Å²) in [6.45, 7) is 12.5. The van der Waals surface area contributed by atoms with Crippen LogP contribution >= 0.6 is 27.3 Å². The highest BCUT2D eigenvalue weighted by Crippen LogP contribution is 2.26. The number of aryl methyl sites for hydroxylation is 1. The van der Waals surface area contributed by atoms with Gasteiger partial charge in [0.05, 0.1) is 0 Å². The van der Waals surface area contributed by atoms with E-state index >= 15 is 0 Å². The molecule has 0 aliphatic carbocycles. The van der Waals surface area contributed by atoms with E-state index in [2.05, 4.69) is 69.4 Å². The van der Waals surface area contributed by atoms with Crippen LogP contribution in [-0.4, -0.2) is 29.3 Å². The number of anilines is 3. The van der Waals surface area contributed by atoms with Crippen LogP contribution < -0.4 is 15.5 Å². The number of urea groups is 1. The first-order chi connectivity index (χ1) is 12.2. The van der Waals surface area contributed by atoms with E-state index < -0.39 is 0 Å². The standard InChI is InChI=1S/C18H26BrN5OS/c1-11(2)9-24(10-12(3)4)18-23-22-17(26-18)21-16(25)20-14-6-7-15(19)13(5)8-14/h6-8,11-12H,9-10H2,1-5H3,(H2,20,21,22,25). The maximum absolute atomic E-state index is 12.2. The highest BCUT2D eigenvalue weighted by Gasteiger charge is 2.16. The fraction of sp³-hybridized carbons (Fsp3) is 0.500. The second-order valence-corrected chi connectivity index (χ2v) is 8.94. The number of hydrogen-bond donors (Lipinski definition) is 2. The summed E-state index contributed by atoms with van der Waals surface area (Å²) in [4.78, 5) is 14.4. The van der Waals surface area contributed by atoms with Crippen LogP contribution in [0, 0.1) is 18.8 Å². The third kappa shape index (κ3) is 6.25. The molecule has 0 saturated heterocycles. The monoisotopic (exact) mass is 439 g/mol. The van der Waals surface area contributed by atoms with E-state index in [4.69, 9.17) is 0 Å². The number of rotatable bonds is 7. The Kier molecular flexibility index (Phi) is 7.40. The normalized spacial score (nSPS) is 11.1. The van der Waals surface area contributed by atoms with Crippen molar-refractivity contribution in [2.75, 3.05) is 28.6 Å². The largest absolute Gasteiger partial charge is 0.346 e. The molecule has 26 heavy (non-hydrogen) atoms. The number of nitrogens with one attached hydrogen (secondary N) is 2. The Morgan fingerprint density at radius 3 is 2.38 bits per heavy atom. The van der Waals surface area contributed by atoms with Gasteiger partial charge in [-0.3, -0.25) is 5.32 Å². The summed E-state index contributed by atoms with van der Waals surface area (Å²) in [6, 6.07) is 5.33. The fourth-order valence-corrected chi connectivity index (χ4v) is 3.49. The van der Waals surface area contributed by atoms with Gasteiger partial charge in [0.15, 0.2) is 0 Å². The van der Waals surface area contributed by atoms with Gasteiger partial charge in [-0.1, -0.05) is 55.0 Å². The minimum Gasteiger partial charge on any atom is -0.346 e. The van der Waals surface area contributed by atoms with Gasteiger partial charge in [-0.2, -0.15) is 0 Å². The summed E-state index contributed by atoms with van der Waals surface area (Å²) in [5.41, 5.74) is 1.79. The molecule has 142 valence electrons. The first-order valence-electron chi connectivity index (χ1n) is 8.67. The molecule has 2 amide bonds. The minimum atomic E-state index is -0.325. The van der Waals surface area contributed by atoms with Crippen molar-refractivity contribution in [1.29, 1.82) is 0 Å². The van der Waals surface area contributed by atoms with Crippen LogP contribution in [0.2, 0.25) is 0 Å². The van der Waals surface area contributed by atoms with E-state index in [-0.39, 0.29) is 6.03 Å². The van der Waals surface area contributed by atoms with Crippen LogP contribution in [0.1, 0.15) is 33.3 Å². The van der Waals surface area contributed by atoms with Crippen molar-refractivity contribution >= 4 is 49.2 Å². The molecule has 2 rings (SSSR count). The van der Waals surface area contributed by atoms with Gasteiger partial charge in [-0.15, -0.1) is 10.2 Å². The molecule has 1 aromatic heterocycles. The number of carbonyl (C=O) groups is 1. The van der Waals surface area contributed by atoms with Gasteiger partial charge < -0.3 is 10.2 Å². The SMILES string of the molecule is Cc1cc(NC(=O)Nc2nnc(N(CC(C)C)CC(C)C)s2)ccc1Br. The summed E-state index contributed by atoms with van der Waals surface area (Å²) in [6.07, 6.45) is 0. The molecule has 0 bridgehead atoms. The molecule has 0 fully saturated rings. The molecule has 0 atom stereocenters. The zero-order valence-corrected chi connectivity index (χ0v) is 18.2. The van der Waals surface area contributed by atoms with Gasteiger partial charge in [-0.05, 0) is 42.5 Å². The number of nitrogens with zero attached hydrogens (tertiary/aromatic N) is 3. The molecular weight excluding hydrogens is 414 g/mol.